The molecule has 0 radical (unpaired) electrons. The Morgan fingerprint density at radius 3 is 2.33 bits per heavy atom. The number of nitrogens with zero attached hydrogens (tertiary/aromatic N) is 1. The van der Waals surface area contributed by atoms with E-state index in [-0.39, 0.29) is 16.5 Å². The van der Waals surface area contributed by atoms with Gasteiger partial charge in [-0.25, -0.2) is 13.2 Å². The van der Waals surface area contributed by atoms with Crippen molar-refractivity contribution >= 4 is 16.0 Å². The minimum atomic E-state index is -3.58. The third-order valence-electron chi connectivity index (χ3n) is 3.74. The molecule has 0 unspecified atom stereocenters. The molecule has 116 valence electrons. The first-order chi connectivity index (χ1) is 9.96. The van der Waals surface area contributed by atoms with Crippen molar-refractivity contribution in [3.05, 3.63) is 29.8 Å². The van der Waals surface area contributed by atoms with Crippen molar-refractivity contribution in [2.75, 3.05) is 19.6 Å². The first kappa shape index (κ1) is 15.9. The molecule has 0 bridgehead atoms. The van der Waals surface area contributed by atoms with Gasteiger partial charge < -0.3 is 10.4 Å². The zero-order chi connectivity index (χ0) is 15.5. The van der Waals surface area contributed by atoms with E-state index in [0.29, 0.717) is 6.54 Å². The molecule has 2 N–H and O–H groups in total. The van der Waals surface area contributed by atoms with E-state index in [9.17, 15) is 13.2 Å². The van der Waals surface area contributed by atoms with Crippen molar-refractivity contribution in [1.29, 1.82) is 0 Å². The summed E-state index contributed by atoms with van der Waals surface area (Å²) in [5.74, 6) is -1.07. The Morgan fingerprint density at radius 2 is 1.86 bits per heavy atom. The van der Waals surface area contributed by atoms with E-state index >= 15 is 0 Å². The molecule has 0 saturated carbocycles. The number of carbonyl (C=O) groups is 1. The molecule has 2 rings (SSSR count). The molecule has 1 fully saturated rings. The Morgan fingerprint density at radius 1 is 1.29 bits per heavy atom. The molecule has 0 atom stereocenters. The van der Waals surface area contributed by atoms with Crippen molar-refractivity contribution in [3.8, 4) is 0 Å². The summed E-state index contributed by atoms with van der Waals surface area (Å²) in [4.78, 5) is 11.0. The summed E-state index contributed by atoms with van der Waals surface area (Å²) in [7, 11) is -3.58. The van der Waals surface area contributed by atoms with Gasteiger partial charge in [-0.05, 0) is 50.2 Å². The molecule has 1 saturated heterocycles. The number of carboxylic acid groups (broad SMARTS) is 1. The maximum absolute atomic E-state index is 12.7. The largest absolute Gasteiger partial charge is 0.478 e. The van der Waals surface area contributed by atoms with Gasteiger partial charge in [0.1, 0.15) is 0 Å². The third-order valence-corrected chi connectivity index (χ3v) is 5.78. The Kier molecular flexibility index (Phi) is 4.97. The van der Waals surface area contributed by atoms with Crippen molar-refractivity contribution in [1.82, 2.24) is 9.62 Å². The van der Waals surface area contributed by atoms with Gasteiger partial charge in [-0.15, -0.1) is 0 Å². The second-order valence-electron chi connectivity index (χ2n) is 5.02. The van der Waals surface area contributed by atoms with Crippen LogP contribution in [0, 0.1) is 0 Å². The number of hydrogen-bond acceptors (Lipinski definition) is 4. The summed E-state index contributed by atoms with van der Waals surface area (Å²) in [5.41, 5.74) is 0.0823. The summed E-state index contributed by atoms with van der Waals surface area (Å²) < 4.78 is 26.9. The molecule has 7 heteroatoms. The quantitative estimate of drug-likeness (QED) is 0.851. The zero-order valence-corrected chi connectivity index (χ0v) is 12.8. The average molecular weight is 312 g/mol. The van der Waals surface area contributed by atoms with Crippen molar-refractivity contribution in [2.24, 2.45) is 0 Å². The lowest BCUT2D eigenvalue weighted by atomic mass is 10.1. The van der Waals surface area contributed by atoms with Crippen LogP contribution in [0.3, 0.4) is 0 Å². The Labute approximate surface area is 124 Å². The highest BCUT2D eigenvalue weighted by atomic mass is 32.2. The second kappa shape index (κ2) is 6.55. The van der Waals surface area contributed by atoms with Gasteiger partial charge in [0.05, 0.1) is 10.5 Å². The Hall–Kier alpha value is -1.44. The van der Waals surface area contributed by atoms with Gasteiger partial charge in [-0.1, -0.05) is 6.92 Å². The topological polar surface area (TPSA) is 86.7 Å². The minimum Gasteiger partial charge on any atom is -0.478 e. The second-order valence-corrected chi connectivity index (χ2v) is 6.91. The first-order valence-corrected chi connectivity index (χ1v) is 8.46. The number of hydrogen-bond donors (Lipinski definition) is 2. The fraction of sp³-hybridized carbons (Fsp3) is 0.500. The lowest BCUT2D eigenvalue weighted by Gasteiger charge is -2.32. The minimum absolute atomic E-state index is 0.000371. The van der Waals surface area contributed by atoms with Crippen molar-refractivity contribution in [3.63, 3.8) is 0 Å². The molecule has 21 heavy (non-hydrogen) atoms. The monoisotopic (exact) mass is 312 g/mol. The van der Waals surface area contributed by atoms with Crippen LogP contribution in [0.4, 0.5) is 0 Å². The Bertz CT molecular complexity index is 592. The number of rotatable bonds is 5. The molecule has 0 aliphatic carbocycles. The van der Waals surface area contributed by atoms with Crippen LogP contribution in [0.15, 0.2) is 29.2 Å². The standard InChI is InChI=1S/C14H20N2O4S/c1-2-16(12-7-9-15-10-8-12)21(19,20)13-5-3-11(4-6-13)14(17)18/h3-6,12,15H,2,7-10H2,1H3,(H,17,18). The predicted molar refractivity (Wildman–Crippen MR) is 78.9 cm³/mol. The van der Waals surface area contributed by atoms with E-state index in [4.69, 9.17) is 5.11 Å². The van der Waals surface area contributed by atoms with Gasteiger partial charge in [0.25, 0.3) is 0 Å². The van der Waals surface area contributed by atoms with E-state index in [1.54, 1.807) is 0 Å². The Balaban J connectivity index is 2.27. The van der Waals surface area contributed by atoms with Gasteiger partial charge in [0, 0.05) is 12.6 Å². The van der Waals surface area contributed by atoms with Gasteiger partial charge in [0.15, 0.2) is 0 Å². The number of sulfonamides is 1. The lowest BCUT2D eigenvalue weighted by molar-refractivity contribution is 0.0696. The number of nitrogens with one attached hydrogen (secondary N) is 1. The zero-order valence-electron chi connectivity index (χ0n) is 11.9. The first-order valence-electron chi connectivity index (χ1n) is 7.02. The maximum Gasteiger partial charge on any atom is 0.335 e. The highest BCUT2D eigenvalue weighted by molar-refractivity contribution is 7.89. The fourth-order valence-corrected chi connectivity index (χ4v) is 4.32. The van der Waals surface area contributed by atoms with E-state index in [1.807, 2.05) is 6.92 Å². The highest BCUT2D eigenvalue weighted by Gasteiger charge is 2.31. The average Bonchev–Trinajstić information content (AvgIpc) is 2.49. The molecular formula is C14H20N2O4S. The number of carboxylic acids is 1. The molecule has 1 heterocycles. The third kappa shape index (κ3) is 3.42. The van der Waals surface area contributed by atoms with Crippen molar-refractivity contribution in [2.45, 2.75) is 30.7 Å². The SMILES string of the molecule is CCN(C1CCNCC1)S(=O)(=O)c1ccc(C(=O)O)cc1. The highest BCUT2D eigenvalue weighted by Crippen LogP contribution is 2.22. The maximum atomic E-state index is 12.7. The van der Waals surface area contributed by atoms with E-state index in [1.165, 1.54) is 28.6 Å². The summed E-state index contributed by atoms with van der Waals surface area (Å²) in [6, 6.07) is 5.38. The molecular weight excluding hydrogens is 292 g/mol. The molecule has 1 aromatic carbocycles. The van der Waals surface area contributed by atoms with Crippen molar-refractivity contribution < 1.29 is 18.3 Å². The van der Waals surface area contributed by atoms with Crippen LogP contribution in [0.25, 0.3) is 0 Å². The van der Waals surface area contributed by atoms with Crippen LogP contribution in [0.1, 0.15) is 30.1 Å². The van der Waals surface area contributed by atoms with E-state index < -0.39 is 16.0 Å². The number of piperidine rings is 1. The van der Waals surface area contributed by atoms with Crippen LogP contribution >= 0.6 is 0 Å². The molecule has 0 spiro atoms. The smallest absolute Gasteiger partial charge is 0.335 e. The van der Waals surface area contributed by atoms with Crippen LogP contribution in [0.2, 0.25) is 0 Å². The van der Waals surface area contributed by atoms with Crippen LogP contribution in [-0.2, 0) is 10.0 Å². The summed E-state index contributed by atoms with van der Waals surface area (Å²) in [5, 5.41) is 12.1. The molecule has 0 amide bonds. The predicted octanol–water partition coefficient (Wildman–Crippen LogP) is 1.15. The normalized spacial score (nSPS) is 17.0. The molecule has 1 aliphatic heterocycles. The van der Waals surface area contributed by atoms with Gasteiger partial charge in [-0.3, -0.25) is 0 Å². The molecule has 1 aromatic rings. The van der Waals surface area contributed by atoms with Crippen LogP contribution in [-0.4, -0.2) is 49.5 Å². The van der Waals surface area contributed by atoms with Crippen LogP contribution in [0.5, 0.6) is 0 Å². The lowest BCUT2D eigenvalue weighted by Crippen LogP contribution is -2.45. The number of benzene rings is 1. The van der Waals surface area contributed by atoms with Gasteiger partial charge >= 0.3 is 5.97 Å². The fourth-order valence-electron chi connectivity index (χ4n) is 2.62. The number of aromatic carboxylic acids is 1. The summed E-state index contributed by atoms with van der Waals surface area (Å²) in [6.45, 7) is 3.86. The van der Waals surface area contributed by atoms with E-state index in [0.717, 1.165) is 25.9 Å². The van der Waals surface area contributed by atoms with E-state index in [2.05, 4.69) is 5.32 Å². The van der Waals surface area contributed by atoms with Gasteiger partial charge in [-0.2, -0.15) is 4.31 Å². The molecule has 0 aromatic heterocycles. The molecule has 1 aliphatic rings. The molecule has 6 nitrogen and oxygen atoms in total. The van der Waals surface area contributed by atoms with Gasteiger partial charge in [0.2, 0.25) is 10.0 Å². The summed E-state index contributed by atoms with van der Waals surface area (Å²) in [6.07, 6.45) is 1.58. The summed E-state index contributed by atoms with van der Waals surface area (Å²) >= 11 is 0. The van der Waals surface area contributed by atoms with Crippen LogP contribution < -0.4 is 5.32 Å².